The first-order valence-corrected chi connectivity index (χ1v) is 20.9. The maximum absolute atomic E-state index is 13.6. The number of hydrazine groups is 1. The lowest BCUT2D eigenvalue weighted by Gasteiger charge is -2.20. The Morgan fingerprint density at radius 3 is 2.41 bits per heavy atom. The summed E-state index contributed by atoms with van der Waals surface area (Å²) in [7, 11) is 0. The first-order chi connectivity index (χ1) is 28.0. The van der Waals surface area contributed by atoms with Crippen LogP contribution in [0.4, 0.5) is 11.4 Å². The Morgan fingerprint density at radius 1 is 0.931 bits per heavy atom. The fraction of sp³-hybridized carbons (Fsp3) is 0.233. The van der Waals surface area contributed by atoms with E-state index in [9.17, 15) is 19.8 Å². The van der Waals surface area contributed by atoms with Gasteiger partial charge >= 0.3 is 0 Å². The normalized spacial score (nSPS) is 14.0. The number of isothiocyanates is 1. The SMILES string of the molecule is C=CCCCC(CCC1C=c2ccc(NC(C(=O)N/N=C/c3cc(Br)c(O)c(Br)c3O)C(=O)NNC(=S)Nc3ccc(Cc4ccccc4)cc3)cc2=CC1)N=C=S. The number of hydrazone groups is 1. The van der Waals surface area contributed by atoms with Gasteiger partial charge in [0.15, 0.2) is 11.2 Å². The molecule has 0 saturated carbocycles. The van der Waals surface area contributed by atoms with Crippen LogP contribution >= 0.6 is 56.3 Å². The number of hydrogen-bond donors (Lipinski definition) is 7. The Morgan fingerprint density at radius 2 is 1.67 bits per heavy atom. The van der Waals surface area contributed by atoms with Crippen LogP contribution in [0, 0.1) is 5.92 Å². The fourth-order valence-electron chi connectivity index (χ4n) is 6.30. The molecule has 4 aromatic rings. The van der Waals surface area contributed by atoms with E-state index in [1.54, 1.807) is 0 Å². The number of hydrogen-bond acceptors (Lipinski definition) is 9. The van der Waals surface area contributed by atoms with E-state index >= 15 is 0 Å². The molecule has 1 aliphatic carbocycles. The molecule has 0 fully saturated rings. The zero-order valence-electron chi connectivity index (χ0n) is 31.4. The van der Waals surface area contributed by atoms with E-state index < -0.39 is 17.9 Å². The number of phenols is 2. The number of nitrogens with one attached hydrogen (secondary N) is 5. The highest BCUT2D eigenvalue weighted by Crippen LogP contribution is 2.40. The predicted molar refractivity (Wildman–Crippen MR) is 246 cm³/mol. The highest BCUT2D eigenvalue weighted by Gasteiger charge is 2.27. The third-order valence-electron chi connectivity index (χ3n) is 9.37. The summed E-state index contributed by atoms with van der Waals surface area (Å²) in [5.41, 5.74) is 11.3. The summed E-state index contributed by atoms with van der Waals surface area (Å²) in [6.07, 6.45) is 13.9. The smallest absolute Gasteiger partial charge is 0.272 e. The number of halogens is 2. The number of nitrogens with zero attached hydrogens (tertiary/aromatic N) is 2. The third-order valence-corrected chi connectivity index (χ3v) is 11.0. The number of thiocarbonyl (C=S) groups is 2. The summed E-state index contributed by atoms with van der Waals surface area (Å²) >= 11 is 16.7. The van der Waals surface area contributed by atoms with E-state index in [0.717, 1.165) is 60.9 Å². The molecule has 15 heteroatoms. The first-order valence-electron chi connectivity index (χ1n) is 18.5. The van der Waals surface area contributed by atoms with Crippen LogP contribution in [-0.4, -0.2) is 50.6 Å². The van der Waals surface area contributed by atoms with Gasteiger partial charge in [0, 0.05) is 16.9 Å². The number of fused-ring (bicyclic) bond motifs is 1. The lowest BCUT2D eigenvalue weighted by Crippen LogP contribution is -2.54. The van der Waals surface area contributed by atoms with Gasteiger partial charge in [-0.2, -0.15) is 5.10 Å². The van der Waals surface area contributed by atoms with Crippen LogP contribution in [0.1, 0.15) is 55.2 Å². The standard InChI is InChI=1S/C43H43Br2N7O4S2/c1-2-3-5-10-33(46-26-57)17-12-29-11-15-31-23-35(20-16-30(31)22-29)48-38(41(55)50-47-25-32-24-36(44)40(54)37(45)39(32)53)42(56)51-52-43(58)49-34-18-13-28(14-19-34)21-27-8-6-4-7-9-27/h2,4,6-9,13-16,18-20,22-25,29,33,38,48,53-54H,1,3,5,10-12,17,21H2,(H,50,55)(H,51,56)(H2,49,52,58)/b47-25+. The van der Waals surface area contributed by atoms with Crippen molar-refractivity contribution in [3.05, 3.63) is 128 Å². The molecule has 5 rings (SSSR count). The van der Waals surface area contributed by atoms with Gasteiger partial charge in [0.05, 0.1) is 21.9 Å². The van der Waals surface area contributed by atoms with Crippen molar-refractivity contribution in [3.63, 3.8) is 0 Å². The number of amides is 2. The van der Waals surface area contributed by atoms with Crippen molar-refractivity contribution in [2.24, 2.45) is 16.0 Å². The van der Waals surface area contributed by atoms with Crippen LogP contribution < -0.4 is 37.3 Å². The molecule has 0 radical (unpaired) electrons. The van der Waals surface area contributed by atoms with Gasteiger partial charge in [-0.15, -0.1) is 6.58 Å². The summed E-state index contributed by atoms with van der Waals surface area (Å²) in [6.45, 7) is 3.80. The van der Waals surface area contributed by atoms with E-state index in [1.807, 2.05) is 66.7 Å². The van der Waals surface area contributed by atoms with Gasteiger partial charge in [-0.3, -0.25) is 20.4 Å². The number of unbranched alkanes of at least 4 members (excludes halogenated alkanes) is 1. The Kier molecular flexibility index (Phi) is 16.7. The highest BCUT2D eigenvalue weighted by atomic mass is 79.9. The van der Waals surface area contributed by atoms with Gasteiger partial charge in [0.25, 0.3) is 11.8 Å². The number of carbonyl (C=O) groups is 2. The van der Waals surface area contributed by atoms with Gasteiger partial charge in [0.1, 0.15) is 16.0 Å². The third kappa shape index (κ3) is 12.9. The average molecular weight is 946 g/mol. The van der Waals surface area contributed by atoms with Crippen LogP contribution in [0.5, 0.6) is 11.5 Å². The molecular formula is C43H43Br2N7O4S2. The molecule has 3 atom stereocenters. The molecule has 3 unspecified atom stereocenters. The van der Waals surface area contributed by atoms with Crippen molar-refractivity contribution in [1.82, 2.24) is 16.3 Å². The molecule has 0 spiro atoms. The second-order valence-corrected chi connectivity index (χ2v) is 15.8. The lowest BCUT2D eigenvalue weighted by atomic mass is 9.90. The number of aromatic hydroxyl groups is 2. The van der Waals surface area contributed by atoms with Crippen molar-refractivity contribution in [2.45, 2.75) is 57.0 Å². The van der Waals surface area contributed by atoms with Crippen molar-refractivity contribution in [3.8, 4) is 11.5 Å². The molecular weight excluding hydrogens is 902 g/mol. The number of phenolic OH excluding ortho intramolecular Hbond substituents is 2. The number of aliphatic imine (C=N–C) groups is 1. The minimum atomic E-state index is -1.48. The Balaban J connectivity index is 1.26. The number of rotatable bonds is 17. The van der Waals surface area contributed by atoms with E-state index in [2.05, 4.69) is 105 Å². The largest absolute Gasteiger partial charge is 0.506 e. The summed E-state index contributed by atoms with van der Waals surface area (Å²) in [4.78, 5) is 31.5. The van der Waals surface area contributed by atoms with Gasteiger partial charge in [0.2, 0.25) is 0 Å². The topological polar surface area (TPSA) is 159 Å². The van der Waals surface area contributed by atoms with Gasteiger partial charge in [-0.05, 0) is 159 Å². The van der Waals surface area contributed by atoms with Gasteiger partial charge < -0.3 is 20.8 Å². The van der Waals surface area contributed by atoms with E-state index in [0.29, 0.717) is 21.8 Å². The Bertz CT molecular complexity index is 2320. The zero-order valence-corrected chi connectivity index (χ0v) is 36.2. The first kappa shape index (κ1) is 43.9. The maximum Gasteiger partial charge on any atom is 0.272 e. The molecule has 1 aliphatic rings. The second kappa shape index (κ2) is 22.1. The number of carbonyl (C=O) groups excluding carboxylic acids is 2. The minimum absolute atomic E-state index is 0.0452. The molecule has 0 aliphatic heterocycles. The number of benzene rings is 4. The van der Waals surface area contributed by atoms with Crippen LogP contribution in [-0.2, 0) is 16.0 Å². The van der Waals surface area contributed by atoms with Crippen LogP contribution in [0.2, 0.25) is 0 Å². The van der Waals surface area contributed by atoms with Crippen molar-refractivity contribution in [1.29, 1.82) is 0 Å². The summed E-state index contributed by atoms with van der Waals surface area (Å²) in [5, 5.41) is 35.2. The minimum Gasteiger partial charge on any atom is -0.506 e. The van der Waals surface area contributed by atoms with Gasteiger partial charge in [-0.25, -0.2) is 10.4 Å². The molecule has 0 saturated heterocycles. The monoisotopic (exact) mass is 943 g/mol. The van der Waals surface area contributed by atoms with Crippen molar-refractivity contribution in [2.75, 3.05) is 10.6 Å². The van der Waals surface area contributed by atoms with E-state index in [4.69, 9.17) is 24.4 Å². The number of anilines is 2. The molecule has 7 N–H and O–H groups in total. The molecule has 0 heterocycles. The van der Waals surface area contributed by atoms with Crippen molar-refractivity contribution < 1.29 is 19.8 Å². The number of allylic oxidation sites excluding steroid dienone is 1. The van der Waals surface area contributed by atoms with E-state index in [-0.39, 0.29) is 32.7 Å². The molecule has 300 valence electrons. The van der Waals surface area contributed by atoms with Gasteiger partial charge in [-0.1, -0.05) is 66.8 Å². The van der Waals surface area contributed by atoms with Crippen molar-refractivity contribution >= 4 is 108 Å². The van der Waals surface area contributed by atoms with Crippen LogP contribution in [0.25, 0.3) is 12.2 Å². The fourth-order valence-corrected chi connectivity index (χ4v) is 7.77. The lowest BCUT2D eigenvalue weighted by molar-refractivity contribution is -0.130. The molecule has 0 aromatic heterocycles. The van der Waals surface area contributed by atoms with Crippen LogP contribution in [0.15, 0.2) is 111 Å². The molecule has 58 heavy (non-hydrogen) atoms. The molecule has 2 amide bonds. The van der Waals surface area contributed by atoms with Crippen LogP contribution in [0.3, 0.4) is 0 Å². The Labute approximate surface area is 364 Å². The summed E-state index contributed by atoms with van der Waals surface area (Å²) in [6, 6.07) is 23.6. The summed E-state index contributed by atoms with van der Waals surface area (Å²) < 4.78 is 0.336. The average Bonchev–Trinajstić information content (AvgIpc) is 3.23. The highest BCUT2D eigenvalue weighted by molar-refractivity contribution is 9.11. The molecule has 11 nitrogen and oxygen atoms in total. The zero-order chi connectivity index (χ0) is 41.4. The Hall–Kier alpha value is -5.18. The van der Waals surface area contributed by atoms with E-state index in [1.165, 1.54) is 17.8 Å². The summed E-state index contributed by atoms with van der Waals surface area (Å²) in [5.74, 6) is -1.70. The molecule has 0 bridgehead atoms. The maximum atomic E-state index is 13.6. The second-order valence-electron chi connectivity index (χ2n) is 13.6. The quantitative estimate of drug-likeness (QED) is 0.0144. The molecule has 4 aromatic carbocycles. The predicted octanol–water partition coefficient (Wildman–Crippen LogP) is 7.35.